The van der Waals surface area contributed by atoms with Gasteiger partial charge in [-0.05, 0) is 13.0 Å². The number of aromatic nitrogens is 3. The molecule has 0 saturated heterocycles. The van der Waals surface area contributed by atoms with Crippen LogP contribution in [-0.4, -0.2) is 33.1 Å². The molecule has 0 unspecified atom stereocenters. The minimum atomic E-state index is -1.15. The Balaban J connectivity index is 2.36. The number of carbonyl (C=O) groups is 1. The van der Waals surface area contributed by atoms with Crippen molar-refractivity contribution in [1.29, 1.82) is 0 Å². The molecule has 92 valence electrons. The summed E-state index contributed by atoms with van der Waals surface area (Å²) in [7, 11) is 1.56. The van der Waals surface area contributed by atoms with Gasteiger partial charge >= 0.3 is 5.97 Å². The van der Waals surface area contributed by atoms with Gasteiger partial charge in [-0.25, -0.2) is 19.7 Å². The number of aromatic carboxylic acids is 1. The van der Waals surface area contributed by atoms with Crippen LogP contribution in [0, 0.1) is 6.92 Å². The van der Waals surface area contributed by atoms with Crippen molar-refractivity contribution < 1.29 is 14.6 Å². The smallest absolute Gasteiger partial charge is 0.373 e. The zero-order chi connectivity index (χ0) is 13.1. The first-order chi connectivity index (χ1) is 8.61. The second-order valence-corrected chi connectivity index (χ2v) is 3.65. The molecule has 18 heavy (non-hydrogen) atoms. The molecule has 0 bridgehead atoms. The van der Waals surface area contributed by atoms with Crippen LogP contribution in [0.25, 0.3) is 11.1 Å². The third kappa shape index (κ3) is 2.27. The highest BCUT2D eigenvalue weighted by atomic mass is 16.5. The molecule has 2 aromatic rings. The Bertz CT molecular complexity index is 582. The molecule has 0 fully saturated rings. The summed E-state index contributed by atoms with van der Waals surface area (Å²) in [6.07, 6.45) is 4.55. The third-order valence-corrected chi connectivity index (χ3v) is 2.40. The zero-order valence-corrected chi connectivity index (χ0v) is 9.91. The minimum Gasteiger partial charge on any atom is -0.481 e. The third-order valence-electron chi connectivity index (χ3n) is 2.40. The monoisotopic (exact) mass is 245 g/mol. The summed E-state index contributed by atoms with van der Waals surface area (Å²) < 4.78 is 5.07. The maximum absolute atomic E-state index is 10.6. The number of nitrogens with zero attached hydrogens (tertiary/aromatic N) is 3. The van der Waals surface area contributed by atoms with Gasteiger partial charge in [0.05, 0.1) is 7.11 Å². The SMILES string of the molecule is COc1ncc(-c2cnc(C(=O)O)nc2)cc1C. The molecule has 0 amide bonds. The molecule has 1 N–H and O–H groups in total. The fourth-order valence-corrected chi connectivity index (χ4v) is 1.52. The predicted molar refractivity (Wildman–Crippen MR) is 63.5 cm³/mol. The first kappa shape index (κ1) is 12.0. The molecule has 0 atom stereocenters. The van der Waals surface area contributed by atoms with Gasteiger partial charge in [0, 0.05) is 35.3 Å². The van der Waals surface area contributed by atoms with Crippen LogP contribution in [0.15, 0.2) is 24.7 Å². The lowest BCUT2D eigenvalue weighted by Gasteiger charge is -2.06. The van der Waals surface area contributed by atoms with E-state index in [2.05, 4.69) is 15.0 Å². The fraction of sp³-hybridized carbons (Fsp3) is 0.167. The van der Waals surface area contributed by atoms with E-state index < -0.39 is 5.97 Å². The number of carboxylic acids is 1. The number of rotatable bonds is 3. The zero-order valence-electron chi connectivity index (χ0n) is 9.91. The number of methoxy groups -OCH3 is 1. The Morgan fingerprint density at radius 2 is 1.78 bits per heavy atom. The van der Waals surface area contributed by atoms with Crippen molar-refractivity contribution in [2.75, 3.05) is 7.11 Å². The maximum Gasteiger partial charge on any atom is 0.373 e. The van der Waals surface area contributed by atoms with Gasteiger partial charge in [0.2, 0.25) is 11.7 Å². The van der Waals surface area contributed by atoms with Gasteiger partial charge in [-0.1, -0.05) is 0 Å². The van der Waals surface area contributed by atoms with Gasteiger partial charge in [0.25, 0.3) is 0 Å². The van der Waals surface area contributed by atoms with Crippen LogP contribution in [0.1, 0.15) is 16.2 Å². The molecule has 0 aliphatic rings. The predicted octanol–water partition coefficient (Wildman–Crippen LogP) is 1.55. The van der Waals surface area contributed by atoms with Crippen molar-refractivity contribution in [3.63, 3.8) is 0 Å². The molecule has 2 aromatic heterocycles. The second kappa shape index (κ2) is 4.79. The summed E-state index contributed by atoms with van der Waals surface area (Å²) in [4.78, 5) is 22.3. The molecule has 0 spiro atoms. The maximum atomic E-state index is 10.6. The van der Waals surface area contributed by atoms with Gasteiger partial charge in [0.1, 0.15) is 0 Å². The summed E-state index contributed by atoms with van der Waals surface area (Å²) in [6, 6.07) is 1.88. The van der Waals surface area contributed by atoms with E-state index in [1.807, 2.05) is 13.0 Å². The summed E-state index contributed by atoms with van der Waals surface area (Å²) in [6.45, 7) is 1.88. The average molecular weight is 245 g/mol. The number of pyridine rings is 1. The lowest BCUT2D eigenvalue weighted by molar-refractivity contribution is 0.0683. The molecule has 6 nitrogen and oxygen atoms in total. The second-order valence-electron chi connectivity index (χ2n) is 3.65. The van der Waals surface area contributed by atoms with E-state index in [1.54, 1.807) is 13.3 Å². The molecule has 0 saturated carbocycles. The Hall–Kier alpha value is -2.50. The molecule has 0 aliphatic heterocycles. The number of carboxylic acid groups (broad SMARTS) is 1. The van der Waals surface area contributed by atoms with E-state index in [0.29, 0.717) is 11.4 Å². The van der Waals surface area contributed by atoms with Crippen molar-refractivity contribution in [2.45, 2.75) is 6.92 Å². The summed E-state index contributed by atoms with van der Waals surface area (Å²) in [5.41, 5.74) is 2.40. The van der Waals surface area contributed by atoms with E-state index >= 15 is 0 Å². The molecule has 2 rings (SSSR count). The fourth-order valence-electron chi connectivity index (χ4n) is 1.52. The Kier molecular flexibility index (Phi) is 3.18. The quantitative estimate of drug-likeness (QED) is 0.883. The van der Waals surface area contributed by atoms with Crippen molar-refractivity contribution in [3.8, 4) is 17.0 Å². The highest BCUT2D eigenvalue weighted by Crippen LogP contribution is 2.22. The highest BCUT2D eigenvalue weighted by molar-refractivity contribution is 5.83. The van der Waals surface area contributed by atoms with Crippen LogP contribution < -0.4 is 4.74 Å². The Morgan fingerprint density at radius 3 is 2.28 bits per heavy atom. The largest absolute Gasteiger partial charge is 0.481 e. The summed E-state index contributed by atoms with van der Waals surface area (Å²) in [5.74, 6) is -0.815. The van der Waals surface area contributed by atoms with Crippen LogP contribution in [0.2, 0.25) is 0 Å². The average Bonchev–Trinajstić information content (AvgIpc) is 2.38. The number of hydrogen-bond donors (Lipinski definition) is 1. The normalized spacial score (nSPS) is 10.1. The van der Waals surface area contributed by atoms with E-state index in [1.165, 1.54) is 12.4 Å². The molecular weight excluding hydrogens is 234 g/mol. The summed E-state index contributed by atoms with van der Waals surface area (Å²) >= 11 is 0. The van der Waals surface area contributed by atoms with Crippen LogP contribution in [0.5, 0.6) is 5.88 Å². The lowest BCUT2D eigenvalue weighted by Crippen LogP contribution is -2.03. The van der Waals surface area contributed by atoms with Crippen molar-refractivity contribution in [2.24, 2.45) is 0 Å². The molecular formula is C12H11N3O3. The molecule has 6 heteroatoms. The van der Waals surface area contributed by atoms with Crippen LogP contribution >= 0.6 is 0 Å². The summed E-state index contributed by atoms with van der Waals surface area (Å²) in [5, 5.41) is 8.70. The van der Waals surface area contributed by atoms with Crippen LogP contribution in [0.3, 0.4) is 0 Å². The van der Waals surface area contributed by atoms with Crippen LogP contribution in [0.4, 0.5) is 0 Å². The van der Waals surface area contributed by atoms with Gasteiger partial charge in [0.15, 0.2) is 0 Å². The number of aryl methyl sites for hydroxylation is 1. The topological polar surface area (TPSA) is 85.2 Å². The molecule has 0 radical (unpaired) electrons. The first-order valence-corrected chi connectivity index (χ1v) is 5.18. The number of ether oxygens (including phenoxy) is 1. The van der Waals surface area contributed by atoms with Crippen molar-refractivity contribution in [3.05, 3.63) is 36.0 Å². The van der Waals surface area contributed by atoms with Gasteiger partial charge < -0.3 is 9.84 Å². The lowest BCUT2D eigenvalue weighted by atomic mass is 10.1. The van der Waals surface area contributed by atoms with E-state index in [0.717, 1.165) is 11.1 Å². The number of hydrogen-bond acceptors (Lipinski definition) is 5. The standard InChI is InChI=1S/C12H11N3O3/c1-7-3-8(4-15-11(7)18-2)9-5-13-10(12(16)17)14-6-9/h3-6H,1-2H3,(H,16,17). The highest BCUT2D eigenvalue weighted by Gasteiger charge is 2.08. The molecule has 0 aromatic carbocycles. The van der Waals surface area contributed by atoms with Crippen molar-refractivity contribution >= 4 is 5.97 Å². The van der Waals surface area contributed by atoms with E-state index in [-0.39, 0.29) is 5.82 Å². The van der Waals surface area contributed by atoms with Crippen molar-refractivity contribution in [1.82, 2.24) is 15.0 Å². The molecule has 2 heterocycles. The van der Waals surface area contributed by atoms with Crippen LogP contribution in [-0.2, 0) is 0 Å². The Morgan fingerprint density at radius 1 is 1.17 bits per heavy atom. The Labute approximate surface area is 103 Å². The minimum absolute atomic E-state index is 0.225. The van der Waals surface area contributed by atoms with Gasteiger partial charge in [-0.15, -0.1) is 0 Å². The van der Waals surface area contributed by atoms with E-state index in [4.69, 9.17) is 9.84 Å². The van der Waals surface area contributed by atoms with E-state index in [9.17, 15) is 4.79 Å². The van der Waals surface area contributed by atoms with Gasteiger partial charge in [-0.3, -0.25) is 0 Å². The van der Waals surface area contributed by atoms with Gasteiger partial charge in [-0.2, -0.15) is 0 Å². The first-order valence-electron chi connectivity index (χ1n) is 5.18. The molecule has 0 aliphatic carbocycles.